The van der Waals surface area contributed by atoms with Crippen molar-refractivity contribution in [2.45, 2.75) is 19.9 Å². The average Bonchev–Trinajstić information content (AvgIpc) is 2.81. The Kier molecular flexibility index (Phi) is 6.06. The van der Waals surface area contributed by atoms with Crippen LogP contribution in [0.5, 0.6) is 0 Å². The number of nitrogens with zero attached hydrogens (tertiary/aromatic N) is 2. The number of amides is 1. The number of nitrogens with two attached hydrogens (primary N) is 1. The molecular weight excluding hydrogens is 276 g/mol. The van der Waals surface area contributed by atoms with Gasteiger partial charge in [0.05, 0.1) is 5.69 Å². The number of carbonyl (C=O) groups excluding carboxylic acids is 1. The zero-order valence-electron chi connectivity index (χ0n) is 11.4. The van der Waals surface area contributed by atoms with Gasteiger partial charge < -0.3 is 11.1 Å². The Balaban J connectivity index is 0.00000200. The minimum Gasteiger partial charge on any atom is -0.396 e. The van der Waals surface area contributed by atoms with Gasteiger partial charge >= 0.3 is 0 Å². The van der Waals surface area contributed by atoms with Crippen LogP contribution in [0.15, 0.2) is 36.5 Å². The van der Waals surface area contributed by atoms with Gasteiger partial charge in [-0.25, -0.2) is 0 Å². The molecule has 0 atom stereocenters. The van der Waals surface area contributed by atoms with E-state index in [0.717, 1.165) is 6.42 Å². The third kappa shape index (κ3) is 3.99. The molecule has 1 aromatic carbocycles. The molecule has 6 heteroatoms. The summed E-state index contributed by atoms with van der Waals surface area (Å²) in [6.07, 6.45) is 2.47. The molecule has 108 valence electrons. The first-order chi connectivity index (χ1) is 9.20. The van der Waals surface area contributed by atoms with Gasteiger partial charge in [-0.2, -0.15) is 5.10 Å². The lowest BCUT2D eigenvalue weighted by molar-refractivity contribution is 0.0949. The summed E-state index contributed by atoms with van der Waals surface area (Å²) in [4.78, 5) is 11.9. The van der Waals surface area contributed by atoms with Gasteiger partial charge in [-0.05, 0) is 18.9 Å². The van der Waals surface area contributed by atoms with Gasteiger partial charge in [-0.1, -0.05) is 30.3 Å². The molecular formula is C14H19ClN4O. The van der Waals surface area contributed by atoms with Crippen LogP contribution in [0.4, 0.5) is 5.69 Å². The number of hydrogen-bond acceptors (Lipinski definition) is 3. The second-order valence-corrected chi connectivity index (χ2v) is 4.28. The maximum absolute atomic E-state index is 11.9. The van der Waals surface area contributed by atoms with Crippen molar-refractivity contribution < 1.29 is 4.79 Å². The lowest BCUT2D eigenvalue weighted by atomic mass is 10.1. The molecule has 0 saturated carbocycles. The topological polar surface area (TPSA) is 72.9 Å². The summed E-state index contributed by atoms with van der Waals surface area (Å²) in [6.45, 7) is 3.21. The van der Waals surface area contributed by atoms with Gasteiger partial charge in [0, 0.05) is 19.3 Å². The molecule has 0 aliphatic heterocycles. The molecule has 5 nitrogen and oxygen atoms in total. The number of carbonyl (C=O) groups is 1. The van der Waals surface area contributed by atoms with E-state index >= 15 is 0 Å². The maximum Gasteiger partial charge on any atom is 0.273 e. The number of aryl methyl sites for hydroxylation is 1. The van der Waals surface area contributed by atoms with E-state index in [2.05, 4.69) is 10.4 Å². The number of halogens is 1. The van der Waals surface area contributed by atoms with Crippen molar-refractivity contribution in [2.24, 2.45) is 0 Å². The Bertz CT molecular complexity index is 554. The third-order valence-electron chi connectivity index (χ3n) is 2.87. The molecule has 0 spiro atoms. The van der Waals surface area contributed by atoms with Gasteiger partial charge in [-0.15, -0.1) is 12.4 Å². The minimum atomic E-state index is -0.222. The molecule has 0 aliphatic rings. The van der Waals surface area contributed by atoms with Crippen molar-refractivity contribution in [1.82, 2.24) is 15.1 Å². The average molecular weight is 295 g/mol. The summed E-state index contributed by atoms with van der Waals surface area (Å²) in [5, 5.41) is 6.96. The largest absolute Gasteiger partial charge is 0.396 e. The normalized spacial score (nSPS) is 9.85. The van der Waals surface area contributed by atoms with Crippen LogP contribution in [-0.4, -0.2) is 22.2 Å². The fourth-order valence-corrected chi connectivity index (χ4v) is 1.82. The van der Waals surface area contributed by atoms with Gasteiger partial charge in [0.25, 0.3) is 5.91 Å². The number of aromatic nitrogens is 2. The summed E-state index contributed by atoms with van der Waals surface area (Å²) in [7, 11) is 0. The van der Waals surface area contributed by atoms with Crippen LogP contribution in [0.3, 0.4) is 0 Å². The first-order valence-electron chi connectivity index (χ1n) is 6.35. The van der Waals surface area contributed by atoms with Crippen molar-refractivity contribution in [1.29, 1.82) is 0 Å². The number of benzene rings is 1. The molecule has 2 rings (SSSR count). The Morgan fingerprint density at radius 2 is 2.05 bits per heavy atom. The lowest BCUT2D eigenvalue weighted by Crippen LogP contribution is -2.27. The van der Waals surface area contributed by atoms with Crippen molar-refractivity contribution in [3.8, 4) is 0 Å². The number of hydrogen-bond donors (Lipinski definition) is 2. The second-order valence-electron chi connectivity index (χ2n) is 4.28. The lowest BCUT2D eigenvalue weighted by Gasteiger charge is -2.04. The summed E-state index contributed by atoms with van der Waals surface area (Å²) in [5.74, 6) is -0.222. The van der Waals surface area contributed by atoms with Crippen molar-refractivity contribution >= 4 is 24.0 Å². The van der Waals surface area contributed by atoms with Crippen molar-refractivity contribution in [3.05, 3.63) is 47.8 Å². The molecule has 3 N–H and O–H groups in total. The summed E-state index contributed by atoms with van der Waals surface area (Å²) >= 11 is 0. The fraction of sp³-hybridized carbons (Fsp3) is 0.286. The third-order valence-corrected chi connectivity index (χ3v) is 2.87. The molecule has 0 saturated heterocycles. The van der Waals surface area contributed by atoms with Crippen LogP contribution < -0.4 is 11.1 Å². The smallest absolute Gasteiger partial charge is 0.273 e. The number of nitrogen functional groups attached to an aromatic ring is 1. The zero-order chi connectivity index (χ0) is 13.7. The van der Waals surface area contributed by atoms with E-state index in [-0.39, 0.29) is 18.3 Å². The first kappa shape index (κ1) is 16.0. The van der Waals surface area contributed by atoms with Crippen LogP contribution >= 0.6 is 12.4 Å². The maximum atomic E-state index is 11.9. The van der Waals surface area contributed by atoms with Crippen LogP contribution in [0, 0.1) is 0 Å². The molecule has 1 amide bonds. The Morgan fingerprint density at radius 1 is 1.35 bits per heavy atom. The van der Waals surface area contributed by atoms with E-state index in [9.17, 15) is 4.79 Å². The Labute approximate surface area is 124 Å². The Morgan fingerprint density at radius 3 is 2.65 bits per heavy atom. The summed E-state index contributed by atoms with van der Waals surface area (Å²) in [5.41, 5.74) is 7.66. The molecule has 0 fully saturated rings. The first-order valence-corrected chi connectivity index (χ1v) is 6.35. The van der Waals surface area contributed by atoms with E-state index in [1.165, 1.54) is 5.56 Å². The standard InChI is InChI=1S/C14H18N4O.ClH/c1-2-18-10-12(15)13(17-18)14(19)16-9-8-11-6-4-3-5-7-11;/h3-7,10H,2,8-9,15H2,1H3,(H,16,19);1H. The van der Waals surface area contributed by atoms with E-state index in [4.69, 9.17) is 5.73 Å². The summed E-state index contributed by atoms with van der Waals surface area (Å²) < 4.78 is 1.65. The molecule has 1 aromatic heterocycles. The molecule has 2 aromatic rings. The van der Waals surface area contributed by atoms with E-state index in [1.807, 2.05) is 37.3 Å². The highest BCUT2D eigenvalue weighted by molar-refractivity contribution is 5.96. The molecule has 0 bridgehead atoms. The van der Waals surface area contributed by atoms with Crippen LogP contribution in [0.1, 0.15) is 23.0 Å². The summed E-state index contributed by atoms with van der Waals surface area (Å²) in [6, 6.07) is 10.0. The van der Waals surface area contributed by atoms with E-state index in [1.54, 1.807) is 10.9 Å². The molecule has 1 heterocycles. The van der Waals surface area contributed by atoms with E-state index in [0.29, 0.717) is 24.5 Å². The highest BCUT2D eigenvalue weighted by atomic mass is 35.5. The number of rotatable bonds is 5. The highest BCUT2D eigenvalue weighted by Crippen LogP contribution is 2.08. The van der Waals surface area contributed by atoms with Gasteiger partial charge in [0.2, 0.25) is 0 Å². The quantitative estimate of drug-likeness (QED) is 0.884. The zero-order valence-corrected chi connectivity index (χ0v) is 12.2. The minimum absolute atomic E-state index is 0. The van der Waals surface area contributed by atoms with Crippen LogP contribution in [0.2, 0.25) is 0 Å². The molecule has 20 heavy (non-hydrogen) atoms. The number of nitrogens with one attached hydrogen (secondary N) is 1. The molecule has 0 unspecified atom stereocenters. The molecule has 0 aliphatic carbocycles. The van der Waals surface area contributed by atoms with Crippen molar-refractivity contribution in [3.63, 3.8) is 0 Å². The van der Waals surface area contributed by atoms with Gasteiger partial charge in [0.1, 0.15) is 0 Å². The van der Waals surface area contributed by atoms with Gasteiger partial charge in [-0.3, -0.25) is 9.48 Å². The second kappa shape index (κ2) is 7.55. The van der Waals surface area contributed by atoms with Gasteiger partial charge in [0.15, 0.2) is 5.69 Å². The monoisotopic (exact) mass is 294 g/mol. The fourth-order valence-electron chi connectivity index (χ4n) is 1.82. The predicted octanol–water partition coefficient (Wildman–Crippen LogP) is 1.88. The SMILES string of the molecule is CCn1cc(N)c(C(=O)NCCc2ccccc2)n1.Cl. The predicted molar refractivity (Wildman–Crippen MR) is 82.0 cm³/mol. The molecule has 0 radical (unpaired) electrons. The van der Waals surface area contributed by atoms with Crippen LogP contribution in [-0.2, 0) is 13.0 Å². The number of anilines is 1. The van der Waals surface area contributed by atoms with Crippen molar-refractivity contribution in [2.75, 3.05) is 12.3 Å². The van der Waals surface area contributed by atoms with E-state index < -0.39 is 0 Å². The highest BCUT2D eigenvalue weighted by Gasteiger charge is 2.13. The Hall–Kier alpha value is -2.01. The van der Waals surface area contributed by atoms with Crippen LogP contribution in [0.25, 0.3) is 0 Å².